The zero-order chi connectivity index (χ0) is 13.8. The van der Waals surface area contributed by atoms with E-state index in [1.165, 1.54) is 0 Å². The van der Waals surface area contributed by atoms with Crippen molar-refractivity contribution >= 4 is 0 Å². The molecule has 0 bridgehead atoms. The summed E-state index contributed by atoms with van der Waals surface area (Å²) in [6.45, 7) is 14.6. The molecule has 0 radical (unpaired) electrons. The molecule has 0 aromatic rings. The van der Waals surface area contributed by atoms with Crippen LogP contribution in [0.2, 0.25) is 0 Å². The highest BCUT2D eigenvalue weighted by Crippen LogP contribution is 2.21. The molecule has 0 spiro atoms. The smallest absolute Gasteiger partial charge is 0.0280 e. The molecular weight excluding hydrogens is 224 g/mol. The van der Waals surface area contributed by atoms with Crippen LogP contribution in [-0.4, -0.2) is 60.1 Å². The number of nitrogens with two attached hydrogens (primary N) is 2. The Bertz CT molecular complexity index is 238. The monoisotopic (exact) mass is 256 g/mol. The Morgan fingerprint density at radius 3 is 2.06 bits per heavy atom. The van der Waals surface area contributed by atoms with Gasteiger partial charge in [-0.25, -0.2) is 0 Å². The third kappa shape index (κ3) is 5.22. The number of rotatable bonds is 6. The average Bonchev–Trinajstić information content (AvgIpc) is 2.23. The van der Waals surface area contributed by atoms with Gasteiger partial charge < -0.3 is 16.4 Å². The quantitative estimate of drug-likeness (QED) is 0.740. The minimum Gasteiger partial charge on any atom is -0.328 e. The molecule has 18 heavy (non-hydrogen) atoms. The van der Waals surface area contributed by atoms with Crippen molar-refractivity contribution in [2.45, 2.75) is 58.2 Å². The van der Waals surface area contributed by atoms with Crippen molar-refractivity contribution in [3.63, 3.8) is 0 Å². The Morgan fingerprint density at radius 2 is 1.56 bits per heavy atom. The van der Waals surface area contributed by atoms with E-state index in [2.05, 4.69) is 37.5 Å². The van der Waals surface area contributed by atoms with Gasteiger partial charge in [0.2, 0.25) is 0 Å². The molecule has 4 heteroatoms. The van der Waals surface area contributed by atoms with E-state index in [-0.39, 0.29) is 5.54 Å². The van der Waals surface area contributed by atoms with Gasteiger partial charge in [-0.1, -0.05) is 0 Å². The Labute approximate surface area is 113 Å². The van der Waals surface area contributed by atoms with Crippen LogP contribution in [0.25, 0.3) is 0 Å². The topological polar surface area (TPSA) is 58.5 Å². The van der Waals surface area contributed by atoms with Crippen molar-refractivity contribution in [2.24, 2.45) is 11.5 Å². The second kappa shape index (κ2) is 6.85. The summed E-state index contributed by atoms with van der Waals surface area (Å²) >= 11 is 0. The molecule has 4 N–H and O–H groups in total. The highest BCUT2D eigenvalue weighted by Gasteiger charge is 2.32. The van der Waals surface area contributed by atoms with Crippen LogP contribution in [0.5, 0.6) is 0 Å². The fourth-order valence-electron chi connectivity index (χ4n) is 2.64. The lowest BCUT2D eigenvalue weighted by molar-refractivity contribution is 0.0174. The summed E-state index contributed by atoms with van der Waals surface area (Å²) in [5.74, 6) is 0. The molecule has 2 atom stereocenters. The zero-order valence-corrected chi connectivity index (χ0v) is 12.7. The lowest BCUT2D eigenvalue weighted by Gasteiger charge is -2.47. The molecule has 1 aliphatic rings. The number of nitrogens with zero attached hydrogens (tertiary/aromatic N) is 2. The SMILES string of the molecule is CC(N)CCN1CCN(CCC(C)N)C(C)(C)C1. The Hall–Kier alpha value is -0.160. The maximum Gasteiger partial charge on any atom is 0.0280 e. The lowest BCUT2D eigenvalue weighted by atomic mass is 9.97. The molecule has 0 amide bonds. The molecule has 4 nitrogen and oxygen atoms in total. The van der Waals surface area contributed by atoms with Crippen LogP contribution in [-0.2, 0) is 0 Å². The van der Waals surface area contributed by atoms with Crippen LogP contribution in [0.15, 0.2) is 0 Å². The van der Waals surface area contributed by atoms with Crippen LogP contribution >= 0.6 is 0 Å². The first-order valence-electron chi connectivity index (χ1n) is 7.30. The molecule has 1 fully saturated rings. The van der Waals surface area contributed by atoms with Gasteiger partial charge in [0.05, 0.1) is 0 Å². The van der Waals surface area contributed by atoms with Crippen molar-refractivity contribution in [2.75, 3.05) is 32.7 Å². The van der Waals surface area contributed by atoms with E-state index >= 15 is 0 Å². The lowest BCUT2D eigenvalue weighted by Crippen LogP contribution is -2.59. The molecule has 0 aliphatic carbocycles. The molecule has 1 saturated heterocycles. The van der Waals surface area contributed by atoms with Crippen molar-refractivity contribution in [1.29, 1.82) is 0 Å². The van der Waals surface area contributed by atoms with Crippen molar-refractivity contribution in [1.82, 2.24) is 9.80 Å². The van der Waals surface area contributed by atoms with E-state index in [1.807, 2.05) is 0 Å². The van der Waals surface area contributed by atoms with Gasteiger partial charge in [-0.3, -0.25) is 4.90 Å². The van der Waals surface area contributed by atoms with E-state index < -0.39 is 0 Å². The van der Waals surface area contributed by atoms with E-state index in [0.717, 1.165) is 45.6 Å². The average molecular weight is 256 g/mol. The first-order valence-corrected chi connectivity index (χ1v) is 7.30. The Balaban J connectivity index is 2.40. The van der Waals surface area contributed by atoms with Crippen molar-refractivity contribution < 1.29 is 0 Å². The van der Waals surface area contributed by atoms with Crippen LogP contribution in [0.1, 0.15) is 40.5 Å². The molecule has 0 saturated carbocycles. The third-order valence-electron chi connectivity index (χ3n) is 3.91. The van der Waals surface area contributed by atoms with E-state index in [9.17, 15) is 0 Å². The largest absolute Gasteiger partial charge is 0.328 e. The van der Waals surface area contributed by atoms with Gasteiger partial charge >= 0.3 is 0 Å². The highest BCUT2D eigenvalue weighted by atomic mass is 15.3. The van der Waals surface area contributed by atoms with Crippen molar-refractivity contribution in [3.8, 4) is 0 Å². The van der Waals surface area contributed by atoms with E-state index in [1.54, 1.807) is 0 Å². The van der Waals surface area contributed by atoms with E-state index in [4.69, 9.17) is 11.5 Å². The van der Waals surface area contributed by atoms with Gasteiger partial charge in [0.15, 0.2) is 0 Å². The first kappa shape index (κ1) is 15.9. The maximum atomic E-state index is 5.86. The molecule has 0 aromatic heterocycles. The predicted octanol–water partition coefficient (Wildman–Crippen LogP) is 0.857. The fourth-order valence-corrected chi connectivity index (χ4v) is 2.64. The van der Waals surface area contributed by atoms with E-state index in [0.29, 0.717) is 12.1 Å². The summed E-state index contributed by atoms with van der Waals surface area (Å²) in [5, 5.41) is 0. The molecule has 0 aromatic carbocycles. The second-order valence-corrected chi connectivity index (χ2v) is 6.61. The number of hydrogen-bond donors (Lipinski definition) is 2. The van der Waals surface area contributed by atoms with Gasteiger partial charge in [-0.05, 0) is 47.1 Å². The molecule has 1 rings (SSSR count). The van der Waals surface area contributed by atoms with Crippen molar-refractivity contribution in [3.05, 3.63) is 0 Å². The summed E-state index contributed by atoms with van der Waals surface area (Å²) in [7, 11) is 0. The summed E-state index contributed by atoms with van der Waals surface area (Å²) in [5.41, 5.74) is 11.9. The van der Waals surface area contributed by atoms with Crippen LogP contribution in [0.4, 0.5) is 0 Å². The standard InChI is InChI=1S/C14H32N4/c1-12(15)5-7-17-9-10-18(8-6-13(2)16)14(3,4)11-17/h12-13H,5-11,15-16H2,1-4H3. The van der Waals surface area contributed by atoms with Crippen LogP contribution < -0.4 is 11.5 Å². The minimum atomic E-state index is 0.255. The van der Waals surface area contributed by atoms with Gasteiger partial charge in [0.25, 0.3) is 0 Å². The predicted molar refractivity (Wildman–Crippen MR) is 78.6 cm³/mol. The number of hydrogen-bond acceptors (Lipinski definition) is 4. The van der Waals surface area contributed by atoms with Gasteiger partial charge in [0.1, 0.15) is 0 Å². The summed E-state index contributed by atoms with van der Waals surface area (Å²) in [4.78, 5) is 5.13. The molecular formula is C14H32N4. The minimum absolute atomic E-state index is 0.255. The maximum absolute atomic E-state index is 5.86. The van der Waals surface area contributed by atoms with Crippen LogP contribution in [0.3, 0.4) is 0 Å². The summed E-state index contributed by atoms with van der Waals surface area (Å²) in [6.07, 6.45) is 2.18. The highest BCUT2D eigenvalue weighted by molar-refractivity contribution is 4.90. The summed E-state index contributed by atoms with van der Waals surface area (Å²) in [6, 6.07) is 0.612. The van der Waals surface area contributed by atoms with Gasteiger partial charge in [-0.15, -0.1) is 0 Å². The normalized spacial score (nSPS) is 25.0. The molecule has 108 valence electrons. The summed E-state index contributed by atoms with van der Waals surface area (Å²) < 4.78 is 0. The number of piperazine rings is 1. The fraction of sp³-hybridized carbons (Fsp3) is 1.00. The Kier molecular flexibility index (Phi) is 6.05. The zero-order valence-electron chi connectivity index (χ0n) is 12.7. The molecule has 2 unspecified atom stereocenters. The Morgan fingerprint density at radius 1 is 1.00 bits per heavy atom. The van der Waals surface area contributed by atoms with Gasteiger partial charge in [-0.2, -0.15) is 0 Å². The molecule has 1 aliphatic heterocycles. The first-order chi connectivity index (χ1) is 8.31. The van der Waals surface area contributed by atoms with Crippen LogP contribution in [0, 0.1) is 0 Å². The second-order valence-electron chi connectivity index (χ2n) is 6.61. The third-order valence-corrected chi connectivity index (χ3v) is 3.91. The van der Waals surface area contributed by atoms with Gasteiger partial charge in [0, 0.05) is 43.8 Å². The molecule has 1 heterocycles.